The predicted octanol–water partition coefficient (Wildman–Crippen LogP) is 3.50. The first-order valence-corrected chi connectivity index (χ1v) is 13.5. The fraction of sp³-hybridized carbons (Fsp3) is 0.233. The SMILES string of the molecule is CCOC(=O)N1CCN(C(=O)c2ccc(-c3cnc4nnc(C5(c6ccc7ncccc7c6)C=C5)n4n3)cc2)CC1. The Labute approximate surface area is 235 Å². The summed E-state index contributed by atoms with van der Waals surface area (Å²) in [6.45, 7) is 3.93. The Morgan fingerprint density at radius 3 is 2.46 bits per heavy atom. The van der Waals surface area contributed by atoms with E-state index in [0.717, 1.165) is 22.0 Å². The van der Waals surface area contributed by atoms with Crippen molar-refractivity contribution in [3.05, 3.63) is 96.1 Å². The lowest BCUT2D eigenvalue weighted by Gasteiger charge is -2.34. The molecule has 1 aliphatic carbocycles. The first kappa shape index (κ1) is 24.8. The van der Waals surface area contributed by atoms with Crippen molar-refractivity contribution in [2.45, 2.75) is 12.3 Å². The molecule has 3 aromatic heterocycles. The number of ether oxygens (including phenoxy) is 1. The van der Waals surface area contributed by atoms with Crippen molar-refractivity contribution in [2.75, 3.05) is 32.8 Å². The molecule has 0 bridgehead atoms. The van der Waals surface area contributed by atoms with Crippen molar-refractivity contribution in [1.29, 1.82) is 0 Å². The number of hydrogen-bond donors (Lipinski definition) is 0. The lowest BCUT2D eigenvalue weighted by Crippen LogP contribution is -2.50. The molecule has 2 amide bonds. The van der Waals surface area contributed by atoms with E-state index in [1.807, 2.05) is 30.3 Å². The highest BCUT2D eigenvalue weighted by atomic mass is 16.6. The molecule has 0 radical (unpaired) electrons. The molecule has 0 unspecified atom stereocenters. The summed E-state index contributed by atoms with van der Waals surface area (Å²) in [5.41, 5.74) is 3.51. The molecule has 1 fully saturated rings. The molecule has 41 heavy (non-hydrogen) atoms. The van der Waals surface area contributed by atoms with Crippen LogP contribution in [0.5, 0.6) is 0 Å². The van der Waals surface area contributed by atoms with Crippen LogP contribution in [0.4, 0.5) is 4.79 Å². The molecule has 1 aliphatic heterocycles. The number of carbonyl (C=O) groups is 2. The average Bonchev–Trinajstić information content (AvgIpc) is 3.72. The average molecular weight is 547 g/mol. The molecule has 5 aromatic rings. The van der Waals surface area contributed by atoms with Crippen LogP contribution < -0.4 is 0 Å². The molecule has 2 aliphatic rings. The third kappa shape index (κ3) is 4.35. The van der Waals surface area contributed by atoms with Crippen LogP contribution >= 0.6 is 0 Å². The van der Waals surface area contributed by atoms with E-state index in [4.69, 9.17) is 9.84 Å². The molecule has 2 aromatic carbocycles. The smallest absolute Gasteiger partial charge is 0.409 e. The number of amides is 2. The lowest BCUT2D eigenvalue weighted by atomic mass is 9.91. The van der Waals surface area contributed by atoms with Gasteiger partial charge in [0.25, 0.3) is 11.7 Å². The zero-order valence-corrected chi connectivity index (χ0v) is 22.3. The minimum absolute atomic E-state index is 0.0741. The third-order valence-electron chi connectivity index (χ3n) is 7.61. The number of aromatic nitrogens is 6. The van der Waals surface area contributed by atoms with Gasteiger partial charge in [-0.3, -0.25) is 9.78 Å². The number of rotatable bonds is 5. The number of allylic oxidation sites excluding steroid dienone is 2. The quantitative estimate of drug-likeness (QED) is 0.307. The van der Waals surface area contributed by atoms with E-state index >= 15 is 0 Å². The second-order valence-electron chi connectivity index (χ2n) is 10.0. The highest BCUT2D eigenvalue weighted by Gasteiger charge is 2.43. The Bertz CT molecular complexity index is 1820. The summed E-state index contributed by atoms with van der Waals surface area (Å²) in [4.78, 5) is 37.4. The molecular weight excluding hydrogens is 520 g/mol. The number of carbonyl (C=O) groups excluding carboxylic acids is 2. The molecule has 7 rings (SSSR count). The summed E-state index contributed by atoms with van der Waals surface area (Å²) < 4.78 is 6.75. The van der Waals surface area contributed by atoms with Crippen LogP contribution in [0.1, 0.15) is 28.7 Å². The van der Waals surface area contributed by atoms with Gasteiger partial charge in [-0.2, -0.15) is 9.61 Å². The lowest BCUT2D eigenvalue weighted by molar-refractivity contribution is 0.0570. The van der Waals surface area contributed by atoms with E-state index in [0.29, 0.717) is 55.6 Å². The Balaban J connectivity index is 1.12. The zero-order valence-electron chi connectivity index (χ0n) is 22.3. The van der Waals surface area contributed by atoms with E-state index in [1.165, 1.54) is 0 Å². The number of fused-ring (bicyclic) bond motifs is 2. The van der Waals surface area contributed by atoms with E-state index < -0.39 is 5.41 Å². The van der Waals surface area contributed by atoms with Crippen LogP contribution in [0.2, 0.25) is 0 Å². The van der Waals surface area contributed by atoms with Crippen molar-refractivity contribution < 1.29 is 14.3 Å². The molecular formula is C30H26N8O3. The monoisotopic (exact) mass is 546 g/mol. The van der Waals surface area contributed by atoms with Crippen LogP contribution in [-0.2, 0) is 10.2 Å². The van der Waals surface area contributed by atoms with Gasteiger partial charge in [-0.1, -0.05) is 36.4 Å². The summed E-state index contributed by atoms with van der Waals surface area (Å²) in [6, 6.07) is 17.5. The Hall–Kier alpha value is -5.19. The second kappa shape index (κ2) is 9.77. The van der Waals surface area contributed by atoms with Gasteiger partial charge >= 0.3 is 6.09 Å². The van der Waals surface area contributed by atoms with Gasteiger partial charge in [0.2, 0.25) is 0 Å². The van der Waals surface area contributed by atoms with Gasteiger partial charge in [-0.15, -0.1) is 10.2 Å². The van der Waals surface area contributed by atoms with E-state index in [9.17, 15) is 9.59 Å². The Morgan fingerprint density at radius 1 is 0.927 bits per heavy atom. The van der Waals surface area contributed by atoms with Crippen LogP contribution in [0, 0.1) is 0 Å². The van der Waals surface area contributed by atoms with Gasteiger partial charge in [0.15, 0.2) is 5.82 Å². The fourth-order valence-corrected chi connectivity index (χ4v) is 5.25. The molecule has 204 valence electrons. The van der Waals surface area contributed by atoms with Crippen molar-refractivity contribution >= 4 is 28.7 Å². The summed E-state index contributed by atoms with van der Waals surface area (Å²) in [7, 11) is 0. The number of nitrogens with zero attached hydrogens (tertiary/aromatic N) is 8. The fourth-order valence-electron chi connectivity index (χ4n) is 5.25. The molecule has 4 heterocycles. The third-order valence-corrected chi connectivity index (χ3v) is 7.61. The standard InChI is InChI=1S/C30H26N8O3/c1-2-41-29(40)37-16-14-36(15-17-37)26(39)21-7-5-20(6-8-21)25-19-32-28-34-33-27(38(28)35-25)30(11-12-30)23-9-10-24-22(18-23)4-3-13-31-24/h3-13,18-19H,2,14-17H2,1H3. The molecule has 11 nitrogen and oxygen atoms in total. The van der Waals surface area contributed by atoms with Crippen molar-refractivity contribution in [2.24, 2.45) is 0 Å². The first-order chi connectivity index (χ1) is 20.1. The normalized spacial score (nSPS) is 15.8. The molecule has 0 spiro atoms. The maximum atomic E-state index is 13.1. The van der Waals surface area contributed by atoms with Gasteiger partial charge in [0.05, 0.1) is 23.7 Å². The van der Waals surface area contributed by atoms with Gasteiger partial charge < -0.3 is 14.5 Å². The van der Waals surface area contributed by atoms with Gasteiger partial charge in [-0.25, -0.2) is 9.78 Å². The summed E-state index contributed by atoms with van der Waals surface area (Å²) in [6.07, 6.45) is 7.28. The van der Waals surface area contributed by atoms with E-state index in [1.54, 1.807) is 45.8 Å². The zero-order chi connectivity index (χ0) is 28.0. The predicted molar refractivity (Wildman–Crippen MR) is 150 cm³/mol. The number of pyridine rings is 1. The molecule has 0 saturated carbocycles. The minimum Gasteiger partial charge on any atom is -0.450 e. The summed E-state index contributed by atoms with van der Waals surface area (Å²) in [5.74, 6) is 1.00. The van der Waals surface area contributed by atoms with Crippen LogP contribution in [0.15, 0.2) is 79.1 Å². The molecule has 1 saturated heterocycles. The maximum absolute atomic E-state index is 13.1. The van der Waals surface area contributed by atoms with Gasteiger partial charge in [-0.05, 0) is 42.8 Å². The molecule has 0 N–H and O–H groups in total. The van der Waals surface area contributed by atoms with E-state index in [-0.39, 0.29) is 12.0 Å². The van der Waals surface area contributed by atoms with Crippen molar-refractivity contribution in [1.82, 2.24) is 39.6 Å². The summed E-state index contributed by atoms with van der Waals surface area (Å²) in [5, 5.41) is 14.6. The van der Waals surface area contributed by atoms with Gasteiger partial charge in [0, 0.05) is 48.9 Å². The minimum atomic E-state index is -0.510. The Morgan fingerprint density at radius 2 is 1.71 bits per heavy atom. The van der Waals surface area contributed by atoms with E-state index in [2.05, 4.69) is 44.5 Å². The van der Waals surface area contributed by atoms with Crippen LogP contribution in [0.25, 0.3) is 27.9 Å². The summed E-state index contributed by atoms with van der Waals surface area (Å²) >= 11 is 0. The van der Waals surface area contributed by atoms with Crippen molar-refractivity contribution in [3.8, 4) is 11.3 Å². The molecule has 0 atom stereocenters. The number of benzene rings is 2. The first-order valence-electron chi connectivity index (χ1n) is 13.5. The second-order valence-corrected chi connectivity index (χ2v) is 10.0. The Kier molecular flexibility index (Phi) is 5.92. The number of piperazine rings is 1. The van der Waals surface area contributed by atoms with Crippen LogP contribution in [0.3, 0.4) is 0 Å². The maximum Gasteiger partial charge on any atom is 0.409 e. The number of hydrogen-bond acceptors (Lipinski definition) is 8. The highest BCUT2D eigenvalue weighted by molar-refractivity contribution is 5.94. The van der Waals surface area contributed by atoms with Gasteiger partial charge in [0.1, 0.15) is 5.69 Å². The molecule has 11 heteroatoms. The largest absolute Gasteiger partial charge is 0.450 e. The van der Waals surface area contributed by atoms with Crippen molar-refractivity contribution in [3.63, 3.8) is 0 Å². The highest BCUT2D eigenvalue weighted by Crippen LogP contribution is 2.44. The van der Waals surface area contributed by atoms with Crippen LogP contribution in [-0.4, -0.2) is 84.4 Å². The topological polar surface area (TPSA) is 119 Å².